The molecule has 1 aliphatic rings. The predicted octanol–water partition coefficient (Wildman–Crippen LogP) is 6.77. The summed E-state index contributed by atoms with van der Waals surface area (Å²) in [6.45, 7) is 2.21. The zero-order valence-electron chi connectivity index (χ0n) is 16.1. The molecule has 0 saturated heterocycles. The normalized spacial score (nSPS) is 20.2. The number of esters is 1. The SMILES string of the molecule is CCCCCCCC(=O)O[C@H]1CCCC[C@H]1c1cccc2ccccc12. The van der Waals surface area contributed by atoms with E-state index in [4.69, 9.17) is 4.74 Å². The van der Waals surface area contributed by atoms with Crippen molar-refractivity contribution in [2.75, 3.05) is 0 Å². The average molecular weight is 353 g/mol. The van der Waals surface area contributed by atoms with Crippen LogP contribution in [0.25, 0.3) is 10.8 Å². The summed E-state index contributed by atoms with van der Waals surface area (Å²) in [4.78, 5) is 12.4. The van der Waals surface area contributed by atoms with Crippen molar-refractivity contribution < 1.29 is 9.53 Å². The van der Waals surface area contributed by atoms with E-state index in [1.54, 1.807) is 0 Å². The van der Waals surface area contributed by atoms with Gasteiger partial charge in [-0.3, -0.25) is 4.79 Å². The Kier molecular flexibility index (Phi) is 7.11. The first kappa shape index (κ1) is 18.9. The van der Waals surface area contributed by atoms with Crippen molar-refractivity contribution in [3.63, 3.8) is 0 Å². The molecule has 2 heteroatoms. The van der Waals surface area contributed by atoms with Crippen LogP contribution in [0.1, 0.15) is 82.6 Å². The maximum absolute atomic E-state index is 12.4. The van der Waals surface area contributed by atoms with Gasteiger partial charge in [0.15, 0.2) is 0 Å². The third-order valence-corrected chi connectivity index (χ3v) is 5.69. The van der Waals surface area contributed by atoms with E-state index < -0.39 is 0 Å². The molecule has 0 heterocycles. The van der Waals surface area contributed by atoms with Crippen LogP contribution in [0, 0.1) is 0 Å². The number of carbonyl (C=O) groups excluding carboxylic acids is 1. The molecule has 0 aromatic heterocycles. The number of unbranched alkanes of at least 4 members (excludes halogenated alkanes) is 4. The van der Waals surface area contributed by atoms with E-state index in [-0.39, 0.29) is 12.1 Å². The Morgan fingerprint density at radius 2 is 1.73 bits per heavy atom. The lowest BCUT2D eigenvalue weighted by Gasteiger charge is -2.32. The summed E-state index contributed by atoms with van der Waals surface area (Å²) in [6.07, 6.45) is 10.9. The van der Waals surface area contributed by atoms with Crippen LogP contribution in [0.5, 0.6) is 0 Å². The Labute approximate surface area is 157 Å². The van der Waals surface area contributed by atoms with Crippen LogP contribution in [0.4, 0.5) is 0 Å². The first-order valence-electron chi connectivity index (χ1n) is 10.5. The topological polar surface area (TPSA) is 26.3 Å². The second-order valence-electron chi connectivity index (χ2n) is 7.65. The highest BCUT2D eigenvalue weighted by molar-refractivity contribution is 5.86. The molecule has 1 saturated carbocycles. The summed E-state index contributed by atoms with van der Waals surface area (Å²) in [5.74, 6) is 0.331. The molecule has 2 atom stereocenters. The smallest absolute Gasteiger partial charge is 0.306 e. The maximum Gasteiger partial charge on any atom is 0.306 e. The highest BCUT2D eigenvalue weighted by Crippen LogP contribution is 2.38. The van der Waals surface area contributed by atoms with Gasteiger partial charge in [-0.25, -0.2) is 0 Å². The summed E-state index contributed by atoms with van der Waals surface area (Å²) < 4.78 is 5.97. The molecule has 1 fully saturated rings. The number of fused-ring (bicyclic) bond motifs is 1. The largest absolute Gasteiger partial charge is 0.462 e. The summed E-state index contributed by atoms with van der Waals surface area (Å²) in [6, 6.07) is 15.1. The fraction of sp³-hybridized carbons (Fsp3) is 0.542. The van der Waals surface area contributed by atoms with Crippen LogP contribution >= 0.6 is 0 Å². The van der Waals surface area contributed by atoms with Crippen LogP contribution in [0.3, 0.4) is 0 Å². The van der Waals surface area contributed by atoms with E-state index in [1.807, 2.05) is 0 Å². The lowest BCUT2D eigenvalue weighted by Crippen LogP contribution is -2.28. The van der Waals surface area contributed by atoms with E-state index in [0.717, 1.165) is 32.1 Å². The Morgan fingerprint density at radius 1 is 0.962 bits per heavy atom. The van der Waals surface area contributed by atoms with Gasteiger partial charge in [0.05, 0.1) is 0 Å². The molecule has 0 spiro atoms. The Morgan fingerprint density at radius 3 is 2.62 bits per heavy atom. The molecule has 0 aliphatic heterocycles. The first-order valence-corrected chi connectivity index (χ1v) is 10.5. The lowest BCUT2D eigenvalue weighted by molar-refractivity contribution is -0.151. The van der Waals surface area contributed by atoms with Gasteiger partial charge < -0.3 is 4.74 Å². The van der Waals surface area contributed by atoms with Gasteiger partial charge in [-0.05, 0) is 42.0 Å². The minimum Gasteiger partial charge on any atom is -0.462 e. The molecule has 2 nitrogen and oxygen atoms in total. The molecular formula is C24H32O2. The molecule has 0 unspecified atom stereocenters. The quantitative estimate of drug-likeness (QED) is 0.387. The van der Waals surface area contributed by atoms with Crippen molar-refractivity contribution in [2.24, 2.45) is 0 Å². The van der Waals surface area contributed by atoms with Gasteiger partial charge in [0.25, 0.3) is 0 Å². The molecule has 0 N–H and O–H groups in total. The second-order valence-corrected chi connectivity index (χ2v) is 7.65. The molecule has 140 valence electrons. The third-order valence-electron chi connectivity index (χ3n) is 5.69. The number of ether oxygens (including phenoxy) is 1. The van der Waals surface area contributed by atoms with Gasteiger partial charge >= 0.3 is 5.97 Å². The van der Waals surface area contributed by atoms with Crippen LogP contribution in [0.2, 0.25) is 0 Å². The van der Waals surface area contributed by atoms with Gasteiger partial charge in [0, 0.05) is 12.3 Å². The second kappa shape index (κ2) is 9.75. The Hall–Kier alpha value is -1.83. The molecule has 2 aromatic carbocycles. The van der Waals surface area contributed by atoms with Crippen molar-refractivity contribution in [1.82, 2.24) is 0 Å². The van der Waals surface area contributed by atoms with Crippen molar-refractivity contribution in [1.29, 1.82) is 0 Å². The van der Waals surface area contributed by atoms with Crippen molar-refractivity contribution >= 4 is 16.7 Å². The number of benzene rings is 2. The molecule has 1 aliphatic carbocycles. The van der Waals surface area contributed by atoms with E-state index in [9.17, 15) is 4.79 Å². The summed E-state index contributed by atoms with van der Waals surface area (Å²) in [5.41, 5.74) is 1.35. The van der Waals surface area contributed by atoms with Gasteiger partial charge in [-0.1, -0.05) is 81.5 Å². The van der Waals surface area contributed by atoms with Crippen LogP contribution in [-0.4, -0.2) is 12.1 Å². The Bertz CT molecular complexity index is 701. The van der Waals surface area contributed by atoms with E-state index in [1.165, 1.54) is 42.0 Å². The zero-order valence-corrected chi connectivity index (χ0v) is 16.1. The standard InChI is InChI=1S/C24H32O2/c1-2-3-4-5-6-18-24(25)26-23-17-10-9-15-22(23)21-16-11-13-19-12-7-8-14-20(19)21/h7-8,11-14,16,22-23H,2-6,9-10,15,17-18H2,1H3/t22-,23-/m0/s1. The average Bonchev–Trinajstić information content (AvgIpc) is 2.68. The first-order chi connectivity index (χ1) is 12.8. The monoisotopic (exact) mass is 352 g/mol. The lowest BCUT2D eigenvalue weighted by atomic mass is 9.80. The third kappa shape index (κ3) is 4.87. The maximum atomic E-state index is 12.4. The summed E-state index contributed by atoms with van der Waals surface area (Å²) in [7, 11) is 0. The summed E-state index contributed by atoms with van der Waals surface area (Å²) in [5, 5.41) is 2.58. The fourth-order valence-electron chi connectivity index (χ4n) is 4.27. The highest BCUT2D eigenvalue weighted by atomic mass is 16.5. The van der Waals surface area contributed by atoms with Gasteiger partial charge in [-0.2, -0.15) is 0 Å². The molecule has 0 amide bonds. The number of rotatable bonds is 8. The zero-order chi connectivity index (χ0) is 18.2. The van der Waals surface area contributed by atoms with Crippen molar-refractivity contribution in [3.8, 4) is 0 Å². The van der Waals surface area contributed by atoms with Crippen LogP contribution in [-0.2, 0) is 9.53 Å². The molecule has 0 bridgehead atoms. The Balaban J connectivity index is 1.65. The predicted molar refractivity (Wildman–Crippen MR) is 108 cm³/mol. The van der Waals surface area contributed by atoms with Crippen molar-refractivity contribution in [3.05, 3.63) is 48.0 Å². The number of hydrogen-bond acceptors (Lipinski definition) is 2. The van der Waals surface area contributed by atoms with E-state index in [2.05, 4.69) is 49.4 Å². The molecule has 26 heavy (non-hydrogen) atoms. The van der Waals surface area contributed by atoms with E-state index in [0.29, 0.717) is 12.3 Å². The molecule has 0 radical (unpaired) electrons. The van der Waals surface area contributed by atoms with Gasteiger partial charge in [-0.15, -0.1) is 0 Å². The van der Waals surface area contributed by atoms with Gasteiger partial charge in [0.2, 0.25) is 0 Å². The summed E-state index contributed by atoms with van der Waals surface area (Å²) >= 11 is 0. The highest BCUT2D eigenvalue weighted by Gasteiger charge is 2.30. The van der Waals surface area contributed by atoms with E-state index >= 15 is 0 Å². The molecule has 2 aromatic rings. The van der Waals surface area contributed by atoms with Crippen molar-refractivity contribution in [2.45, 2.75) is 83.2 Å². The molecule has 3 rings (SSSR count). The molecular weight excluding hydrogens is 320 g/mol. The van der Waals surface area contributed by atoms with Crippen LogP contribution < -0.4 is 0 Å². The minimum atomic E-state index is -0.00126. The van der Waals surface area contributed by atoms with Gasteiger partial charge in [0.1, 0.15) is 6.10 Å². The van der Waals surface area contributed by atoms with Crippen LogP contribution in [0.15, 0.2) is 42.5 Å². The number of hydrogen-bond donors (Lipinski definition) is 0. The minimum absolute atomic E-state index is 0.00126. The fourth-order valence-corrected chi connectivity index (χ4v) is 4.27. The number of carbonyl (C=O) groups is 1.